The van der Waals surface area contributed by atoms with E-state index in [9.17, 15) is 4.79 Å². The molecule has 0 aliphatic carbocycles. The molecule has 0 aromatic heterocycles. The molecular weight excluding hydrogens is 375 g/mol. The third-order valence-corrected chi connectivity index (χ3v) is 4.78. The molecule has 1 amide bonds. The Balaban J connectivity index is 0.00000144. The lowest BCUT2D eigenvalue weighted by atomic mass is 10.1. The third-order valence-electron chi connectivity index (χ3n) is 4.45. The molecule has 1 atom stereocenters. The standard InChI is InChI=1S/C15H21ClN4O2.2ClH/c1-22-14-7-13(17)12(16)6-11(14)15(21)18-8-10-9-19-2-4-20(10)5-3-19;;/h6-7,10H,2-5,8-9,17H2,1H3,(H,18,21);2*1H. The fraction of sp³-hybridized carbons (Fsp3) is 0.533. The van der Waals surface area contributed by atoms with Gasteiger partial charge in [-0.25, -0.2) is 0 Å². The number of nitrogens with zero attached hydrogens (tertiary/aromatic N) is 2. The first kappa shape index (κ1) is 21.1. The number of rotatable bonds is 4. The highest BCUT2D eigenvalue weighted by molar-refractivity contribution is 6.33. The summed E-state index contributed by atoms with van der Waals surface area (Å²) < 4.78 is 5.23. The van der Waals surface area contributed by atoms with E-state index in [0.29, 0.717) is 34.6 Å². The van der Waals surface area contributed by atoms with E-state index in [1.54, 1.807) is 12.1 Å². The Bertz CT molecular complexity index is 580. The number of nitrogens with two attached hydrogens (primary N) is 1. The van der Waals surface area contributed by atoms with Crippen molar-refractivity contribution in [2.45, 2.75) is 6.04 Å². The first-order valence-electron chi connectivity index (χ1n) is 7.46. The Kier molecular flexibility index (Phi) is 7.89. The molecule has 2 bridgehead atoms. The van der Waals surface area contributed by atoms with Gasteiger partial charge in [0.1, 0.15) is 5.75 Å². The summed E-state index contributed by atoms with van der Waals surface area (Å²) in [4.78, 5) is 17.3. The van der Waals surface area contributed by atoms with Crippen molar-refractivity contribution < 1.29 is 9.53 Å². The fourth-order valence-electron chi connectivity index (χ4n) is 3.14. The largest absolute Gasteiger partial charge is 0.496 e. The van der Waals surface area contributed by atoms with E-state index >= 15 is 0 Å². The average molecular weight is 398 g/mol. The molecule has 1 aromatic rings. The van der Waals surface area contributed by atoms with Crippen molar-refractivity contribution in [1.82, 2.24) is 15.1 Å². The van der Waals surface area contributed by atoms with Crippen LogP contribution in [0.2, 0.25) is 5.02 Å². The van der Waals surface area contributed by atoms with Gasteiger partial charge in [0.05, 0.1) is 23.4 Å². The van der Waals surface area contributed by atoms with Crippen LogP contribution < -0.4 is 15.8 Å². The molecule has 1 aromatic carbocycles. The molecule has 3 aliphatic rings. The van der Waals surface area contributed by atoms with Crippen LogP contribution in [0.3, 0.4) is 0 Å². The zero-order chi connectivity index (χ0) is 15.7. The molecule has 136 valence electrons. The van der Waals surface area contributed by atoms with Gasteiger partial charge in [0.2, 0.25) is 0 Å². The van der Waals surface area contributed by atoms with Gasteiger partial charge in [0.15, 0.2) is 0 Å². The van der Waals surface area contributed by atoms with Crippen molar-refractivity contribution in [1.29, 1.82) is 0 Å². The summed E-state index contributed by atoms with van der Waals surface area (Å²) in [6.07, 6.45) is 0. The molecule has 1 unspecified atom stereocenters. The zero-order valence-corrected chi connectivity index (χ0v) is 15.8. The molecule has 3 saturated heterocycles. The number of hydrogen-bond acceptors (Lipinski definition) is 5. The lowest BCUT2D eigenvalue weighted by Crippen LogP contribution is -2.63. The molecule has 0 saturated carbocycles. The van der Waals surface area contributed by atoms with Crippen LogP contribution in [0.15, 0.2) is 12.1 Å². The summed E-state index contributed by atoms with van der Waals surface area (Å²) in [5.74, 6) is 0.255. The number of halogens is 3. The minimum Gasteiger partial charge on any atom is -0.496 e. The summed E-state index contributed by atoms with van der Waals surface area (Å²) >= 11 is 6.01. The van der Waals surface area contributed by atoms with Crippen molar-refractivity contribution in [2.24, 2.45) is 0 Å². The summed E-state index contributed by atoms with van der Waals surface area (Å²) in [7, 11) is 1.51. The monoisotopic (exact) mass is 396 g/mol. The van der Waals surface area contributed by atoms with Gasteiger partial charge in [0, 0.05) is 51.4 Å². The van der Waals surface area contributed by atoms with Gasteiger partial charge in [0.25, 0.3) is 5.91 Å². The van der Waals surface area contributed by atoms with E-state index in [1.807, 2.05) is 0 Å². The number of nitrogen functional groups attached to an aromatic ring is 1. The minimum atomic E-state index is -0.184. The maximum absolute atomic E-state index is 12.4. The van der Waals surface area contributed by atoms with Crippen molar-refractivity contribution in [3.05, 3.63) is 22.7 Å². The number of amides is 1. The van der Waals surface area contributed by atoms with E-state index < -0.39 is 0 Å². The lowest BCUT2D eigenvalue weighted by Gasteiger charge is -2.47. The van der Waals surface area contributed by atoms with Crippen LogP contribution in [-0.4, -0.2) is 68.1 Å². The number of nitrogens with one attached hydrogen (secondary N) is 1. The molecule has 3 aliphatic heterocycles. The van der Waals surface area contributed by atoms with Gasteiger partial charge in [-0.1, -0.05) is 11.6 Å². The number of ether oxygens (including phenoxy) is 1. The molecule has 4 rings (SSSR count). The molecule has 3 heterocycles. The van der Waals surface area contributed by atoms with Crippen molar-refractivity contribution >= 4 is 48.0 Å². The predicted molar refractivity (Wildman–Crippen MR) is 101 cm³/mol. The number of benzene rings is 1. The van der Waals surface area contributed by atoms with E-state index in [-0.39, 0.29) is 30.7 Å². The second kappa shape index (κ2) is 8.97. The summed E-state index contributed by atoms with van der Waals surface area (Å²) in [6.45, 7) is 6.06. The summed E-state index contributed by atoms with van der Waals surface area (Å²) in [5, 5.41) is 3.35. The maximum Gasteiger partial charge on any atom is 0.255 e. The Morgan fingerprint density at radius 2 is 2.00 bits per heavy atom. The van der Waals surface area contributed by atoms with E-state index in [2.05, 4.69) is 15.1 Å². The van der Waals surface area contributed by atoms with Crippen LogP contribution in [0.5, 0.6) is 5.75 Å². The first-order chi connectivity index (χ1) is 10.6. The molecule has 0 radical (unpaired) electrons. The Labute approximate surface area is 159 Å². The third kappa shape index (κ3) is 4.37. The number of carbonyl (C=O) groups is 1. The number of piperazine rings is 3. The van der Waals surface area contributed by atoms with Gasteiger partial charge in [-0.15, -0.1) is 24.8 Å². The Morgan fingerprint density at radius 1 is 1.33 bits per heavy atom. The minimum absolute atomic E-state index is 0. The molecular formula is C15H23Cl3N4O2. The van der Waals surface area contributed by atoms with E-state index in [0.717, 1.165) is 32.7 Å². The molecule has 6 nitrogen and oxygen atoms in total. The Hall–Kier alpha value is -0.920. The predicted octanol–water partition coefficient (Wildman–Crippen LogP) is 1.50. The first-order valence-corrected chi connectivity index (χ1v) is 7.84. The molecule has 3 N–H and O–H groups in total. The molecule has 9 heteroatoms. The number of hydrogen-bond donors (Lipinski definition) is 2. The van der Waals surface area contributed by atoms with E-state index in [4.69, 9.17) is 22.1 Å². The topological polar surface area (TPSA) is 70.8 Å². The SMILES string of the molecule is COc1cc(N)c(Cl)cc1C(=O)NCC1CN2CCN1CC2.Cl.Cl. The summed E-state index contributed by atoms with van der Waals surface area (Å²) in [5.41, 5.74) is 6.56. The van der Waals surface area contributed by atoms with Gasteiger partial charge < -0.3 is 15.8 Å². The highest BCUT2D eigenvalue weighted by Gasteiger charge is 2.32. The van der Waals surface area contributed by atoms with Gasteiger partial charge >= 0.3 is 0 Å². The Morgan fingerprint density at radius 3 is 2.54 bits per heavy atom. The zero-order valence-electron chi connectivity index (χ0n) is 13.5. The smallest absolute Gasteiger partial charge is 0.255 e. The van der Waals surface area contributed by atoms with Gasteiger partial charge in [-0.2, -0.15) is 0 Å². The van der Waals surface area contributed by atoms with Crippen LogP contribution >= 0.6 is 36.4 Å². The van der Waals surface area contributed by atoms with Crippen molar-refractivity contribution in [3.63, 3.8) is 0 Å². The number of fused-ring (bicyclic) bond motifs is 3. The molecule has 3 fully saturated rings. The van der Waals surface area contributed by atoms with Crippen LogP contribution in [0.4, 0.5) is 5.69 Å². The average Bonchev–Trinajstić information content (AvgIpc) is 2.55. The fourth-order valence-corrected chi connectivity index (χ4v) is 3.30. The number of anilines is 1. The summed E-state index contributed by atoms with van der Waals surface area (Å²) in [6, 6.07) is 3.51. The number of methoxy groups -OCH3 is 1. The number of carbonyl (C=O) groups excluding carboxylic acids is 1. The second-order valence-electron chi connectivity index (χ2n) is 5.77. The highest BCUT2D eigenvalue weighted by Crippen LogP contribution is 2.28. The molecule has 0 spiro atoms. The van der Waals surface area contributed by atoms with Gasteiger partial charge in [-0.05, 0) is 6.07 Å². The van der Waals surface area contributed by atoms with Gasteiger partial charge in [-0.3, -0.25) is 14.6 Å². The van der Waals surface area contributed by atoms with Crippen LogP contribution in [0, 0.1) is 0 Å². The lowest BCUT2D eigenvalue weighted by molar-refractivity contribution is 0.0138. The molecule has 24 heavy (non-hydrogen) atoms. The van der Waals surface area contributed by atoms with Crippen LogP contribution in [0.1, 0.15) is 10.4 Å². The normalized spacial score (nSPS) is 24.5. The van der Waals surface area contributed by atoms with Crippen molar-refractivity contribution in [3.8, 4) is 5.75 Å². The van der Waals surface area contributed by atoms with Crippen LogP contribution in [0.25, 0.3) is 0 Å². The van der Waals surface area contributed by atoms with Crippen LogP contribution in [-0.2, 0) is 0 Å². The van der Waals surface area contributed by atoms with E-state index in [1.165, 1.54) is 7.11 Å². The highest BCUT2D eigenvalue weighted by atomic mass is 35.5. The second-order valence-corrected chi connectivity index (χ2v) is 6.18. The maximum atomic E-state index is 12.4. The van der Waals surface area contributed by atoms with Crippen molar-refractivity contribution in [2.75, 3.05) is 52.1 Å². The quantitative estimate of drug-likeness (QED) is 0.754.